The maximum atomic E-state index is 13.8. The van der Waals surface area contributed by atoms with E-state index in [-0.39, 0.29) is 18.0 Å². The van der Waals surface area contributed by atoms with Crippen molar-refractivity contribution in [3.8, 4) is 0 Å². The van der Waals surface area contributed by atoms with Crippen LogP contribution in [0.1, 0.15) is 24.2 Å². The Hall–Kier alpha value is -3.26. The largest absolute Gasteiger partial charge is 0.422 e. The molecule has 1 amide bonds. The molecule has 35 heavy (non-hydrogen) atoms. The lowest BCUT2D eigenvalue weighted by Crippen LogP contribution is -2.40. The zero-order chi connectivity index (χ0) is 23.7. The van der Waals surface area contributed by atoms with Crippen LogP contribution in [0.5, 0.6) is 0 Å². The predicted molar refractivity (Wildman–Crippen MR) is 146 cm³/mol. The van der Waals surface area contributed by atoms with Crippen LogP contribution in [0.3, 0.4) is 0 Å². The van der Waals surface area contributed by atoms with Crippen molar-refractivity contribution in [2.24, 2.45) is 0 Å². The van der Waals surface area contributed by atoms with Gasteiger partial charge in [-0.15, -0.1) is 12.4 Å². The molecule has 5 aromatic rings. The van der Waals surface area contributed by atoms with Crippen molar-refractivity contribution in [2.45, 2.75) is 13.8 Å². The minimum absolute atomic E-state index is 0. The molecule has 0 radical (unpaired) electrons. The van der Waals surface area contributed by atoms with Crippen molar-refractivity contribution in [3.05, 3.63) is 82.7 Å². The number of benzene rings is 3. The number of nitrogens with zero attached hydrogens (tertiary/aromatic N) is 3. The third kappa shape index (κ3) is 4.80. The summed E-state index contributed by atoms with van der Waals surface area (Å²) in [6.07, 6.45) is 0. The number of para-hydroxylation sites is 1. The number of anilines is 1. The minimum Gasteiger partial charge on any atom is -0.422 e. The van der Waals surface area contributed by atoms with Gasteiger partial charge >= 0.3 is 5.63 Å². The molecular formula is C27H26ClN3O3S. The molecule has 0 aliphatic carbocycles. The van der Waals surface area contributed by atoms with Crippen molar-refractivity contribution in [2.75, 3.05) is 31.1 Å². The Morgan fingerprint density at radius 1 is 0.943 bits per heavy atom. The number of fused-ring (bicyclic) bond motifs is 4. The number of aromatic nitrogens is 1. The molecule has 5 rings (SSSR count). The molecule has 0 unspecified atom stereocenters. The normalized spacial score (nSPS) is 11.3. The summed E-state index contributed by atoms with van der Waals surface area (Å²) in [6, 6.07) is 21.0. The van der Waals surface area contributed by atoms with E-state index in [0.717, 1.165) is 39.5 Å². The smallest absolute Gasteiger partial charge is 0.349 e. The van der Waals surface area contributed by atoms with Gasteiger partial charge in [-0.3, -0.25) is 9.69 Å². The van der Waals surface area contributed by atoms with Gasteiger partial charge < -0.3 is 9.32 Å². The molecule has 8 heteroatoms. The van der Waals surface area contributed by atoms with E-state index in [1.165, 1.54) is 11.3 Å². The second kappa shape index (κ2) is 10.6. The maximum absolute atomic E-state index is 13.8. The fourth-order valence-electron chi connectivity index (χ4n) is 4.21. The molecule has 2 aromatic heterocycles. The Labute approximate surface area is 213 Å². The van der Waals surface area contributed by atoms with Gasteiger partial charge in [0.1, 0.15) is 11.1 Å². The molecule has 6 nitrogen and oxygen atoms in total. The van der Waals surface area contributed by atoms with E-state index < -0.39 is 11.5 Å². The summed E-state index contributed by atoms with van der Waals surface area (Å²) in [5, 5.41) is 3.28. The summed E-state index contributed by atoms with van der Waals surface area (Å²) in [6.45, 7) is 7.04. The van der Waals surface area contributed by atoms with Gasteiger partial charge in [0.25, 0.3) is 5.91 Å². The lowest BCUT2D eigenvalue weighted by molar-refractivity contribution is 0.0980. The van der Waals surface area contributed by atoms with Gasteiger partial charge in [-0.05, 0) is 48.1 Å². The molecule has 0 aliphatic rings. The van der Waals surface area contributed by atoms with Crippen LogP contribution in [0.25, 0.3) is 32.0 Å². The van der Waals surface area contributed by atoms with Crippen LogP contribution < -0.4 is 10.5 Å². The van der Waals surface area contributed by atoms with E-state index in [1.807, 2.05) is 54.6 Å². The van der Waals surface area contributed by atoms with E-state index in [0.29, 0.717) is 23.8 Å². The van der Waals surface area contributed by atoms with Crippen molar-refractivity contribution >= 4 is 66.7 Å². The van der Waals surface area contributed by atoms with E-state index >= 15 is 0 Å². The van der Waals surface area contributed by atoms with Crippen LogP contribution in [0, 0.1) is 0 Å². The zero-order valence-corrected chi connectivity index (χ0v) is 21.2. The number of carbonyl (C=O) groups is 1. The summed E-state index contributed by atoms with van der Waals surface area (Å²) >= 11 is 1.45. The Balaban J connectivity index is 0.00000289. The van der Waals surface area contributed by atoms with Crippen LogP contribution in [-0.2, 0) is 0 Å². The summed E-state index contributed by atoms with van der Waals surface area (Å²) in [5.41, 5.74) is 0.680. The molecular weight excluding hydrogens is 482 g/mol. The summed E-state index contributed by atoms with van der Waals surface area (Å²) in [5.74, 6) is -0.394. The first-order valence-corrected chi connectivity index (χ1v) is 12.3. The summed E-state index contributed by atoms with van der Waals surface area (Å²) in [4.78, 5) is 35.3. The lowest BCUT2D eigenvalue weighted by Gasteiger charge is -2.24. The topological polar surface area (TPSA) is 66.7 Å². The Bertz CT molecular complexity index is 1530. The summed E-state index contributed by atoms with van der Waals surface area (Å²) < 4.78 is 6.60. The molecule has 3 aromatic carbocycles. The monoisotopic (exact) mass is 507 g/mol. The number of likely N-dealkylation sites (N-methyl/N-ethyl adjacent to an activating group) is 1. The fraction of sp³-hybridized carbons (Fsp3) is 0.222. The van der Waals surface area contributed by atoms with E-state index in [2.05, 4.69) is 18.7 Å². The molecule has 0 saturated carbocycles. The van der Waals surface area contributed by atoms with Crippen LogP contribution in [0.15, 0.2) is 75.9 Å². The highest BCUT2D eigenvalue weighted by Crippen LogP contribution is 2.30. The van der Waals surface area contributed by atoms with Gasteiger partial charge in [-0.25, -0.2) is 9.78 Å². The fourth-order valence-corrected chi connectivity index (χ4v) is 5.20. The van der Waals surface area contributed by atoms with Crippen LogP contribution >= 0.6 is 23.7 Å². The van der Waals surface area contributed by atoms with Gasteiger partial charge in [0.2, 0.25) is 0 Å². The Kier molecular flexibility index (Phi) is 7.50. The number of amides is 1. The average molecular weight is 508 g/mol. The first-order valence-electron chi connectivity index (χ1n) is 11.4. The molecule has 0 saturated heterocycles. The first kappa shape index (κ1) is 24.9. The SMILES string of the molecule is CCN(CC)CCN(C(=O)c1cc2c(ccc3ccccc32)oc1=O)c1nc2ccccc2s1.Cl. The van der Waals surface area contributed by atoms with Crippen LogP contribution in [0.4, 0.5) is 5.13 Å². The molecule has 0 aliphatic heterocycles. The minimum atomic E-state index is -0.637. The third-order valence-corrected chi connectivity index (χ3v) is 7.22. The van der Waals surface area contributed by atoms with Gasteiger partial charge in [0.05, 0.1) is 10.2 Å². The predicted octanol–water partition coefficient (Wildman–Crippen LogP) is 5.97. The van der Waals surface area contributed by atoms with E-state index in [9.17, 15) is 9.59 Å². The molecule has 0 N–H and O–H groups in total. The number of carbonyl (C=O) groups excluding carboxylic acids is 1. The number of thiazole rings is 1. The van der Waals surface area contributed by atoms with Gasteiger partial charge in [0, 0.05) is 18.5 Å². The molecule has 0 atom stereocenters. The molecule has 2 heterocycles. The highest BCUT2D eigenvalue weighted by molar-refractivity contribution is 7.22. The van der Waals surface area contributed by atoms with Crippen LogP contribution in [-0.4, -0.2) is 42.0 Å². The summed E-state index contributed by atoms with van der Waals surface area (Å²) in [7, 11) is 0. The number of rotatable bonds is 7. The molecule has 0 spiro atoms. The molecule has 0 bridgehead atoms. The highest BCUT2D eigenvalue weighted by Gasteiger charge is 2.25. The second-order valence-electron chi connectivity index (χ2n) is 8.09. The molecule has 180 valence electrons. The van der Waals surface area contributed by atoms with Gasteiger partial charge in [0.15, 0.2) is 5.13 Å². The van der Waals surface area contributed by atoms with Crippen molar-refractivity contribution < 1.29 is 9.21 Å². The first-order chi connectivity index (χ1) is 16.6. The second-order valence-corrected chi connectivity index (χ2v) is 9.10. The van der Waals surface area contributed by atoms with Crippen molar-refractivity contribution in [3.63, 3.8) is 0 Å². The number of halogens is 1. The van der Waals surface area contributed by atoms with Crippen molar-refractivity contribution in [1.29, 1.82) is 0 Å². The third-order valence-electron chi connectivity index (χ3n) is 6.17. The molecule has 0 fully saturated rings. The van der Waals surface area contributed by atoms with Crippen LogP contribution in [0.2, 0.25) is 0 Å². The van der Waals surface area contributed by atoms with Gasteiger partial charge in [-0.2, -0.15) is 0 Å². The van der Waals surface area contributed by atoms with E-state index in [4.69, 9.17) is 9.40 Å². The highest BCUT2D eigenvalue weighted by atomic mass is 35.5. The quantitative estimate of drug-likeness (QED) is 0.201. The Morgan fingerprint density at radius 3 is 2.46 bits per heavy atom. The maximum Gasteiger partial charge on any atom is 0.349 e. The number of hydrogen-bond donors (Lipinski definition) is 0. The van der Waals surface area contributed by atoms with Crippen molar-refractivity contribution in [1.82, 2.24) is 9.88 Å². The number of hydrogen-bond acceptors (Lipinski definition) is 6. The van der Waals surface area contributed by atoms with E-state index in [1.54, 1.807) is 17.0 Å². The lowest BCUT2D eigenvalue weighted by atomic mass is 10.0. The average Bonchev–Trinajstić information content (AvgIpc) is 3.29. The standard InChI is InChI=1S/C27H25N3O3S.ClH/c1-3-29(4-2)15-16-30(27-28-22-11-7-8-12-24(22)34-27)25(31)21-17-20-19-10-6-5-9-18(19)13-14-23(20)33-26(21)32;/h5-14,17H,3-4,15-16H2,1-2H3;1H. The zero-order valence-electron chi connectivity index (χ0n) is 19.6. The Morgan fingerprint density at radius 2 is 1.69 bits per heavy atom. The van der Waals surface area contributed by atoms with Gasteiger partial charge in [-0.1, -0.05) is 67.6 Å².